The third-order valence-corrected chi connectivity index (χ3v) is 5.61. The van der Waals surface area contributed by atoms with Gasteiger partial charge in [0.25, 0.3) is 0 Å². The van der Waals surface area contributed by atoms with Gasteiger partial charge >= 0.3 is 12.1 Å². The summed E-state index contributed by atoms with van der Waals surface area (Å²) in [6.45, 7) is 10.7. The Labute approximate surface area is 223 Å². The van der Waals surface area contributed by atoms with E-state index in [1.165, 1.54) is 4.90 Å². The van der Waals surface area contributed by atoms with Crippen LogP contribution in [0.1, 0.15) is 76.1 Å². The Morgan fingerprint density at radius 1 is 1.08 bits per heavy atom. The zero-order valence-corrected chi connectivity index (χ0v) is 23.1. The fourth-order valence-corrected chi connectivity index (χ4v) is 4.13. The number of nitrogens with zero attached hydrogens (tertiary/aromatic N) is 1. The molecule has 2 atom stereocenters. The summed E-state index contributed by atoms with van der Waals surface area (Å²) in [5.74, 6) is -2.36. The Morgan fingerprint density at radius 3 is 2.18 bits per heavy atom. The van der Waals surface area contributed by atoms with Crippen LogP contribution in [0.2, 0.25) is 0 Å². The number of carbonyl (C=O) groups is 5. The maximum atomic E-state index is 13.9. The third kappa shape index (κ3) is 9.68. The molecule has 1 saturated carbocycles. The molecule has 0 bridgehead atoms. The van der Waals surface area contributed by atoms with E-state index in [0.717, 1.165) is 11.1 Å². The summed E-state index contributed by atoms with van der Waals surface area (Å²) in [6.07, 6.45) is -0.0703. The van der Waals surface area contributed by atoms with E-state index in [-0.39, 0.29) is 25.6 Å². The number of ether oxygens (including phenoxy) is 2. The molecule has 11 heteroatoms. The van der Waals surface area contributed by atoms with Gasteiger partial charge in [0.1, 0.15) is 17.7 Å². The highest BCUT2D eigenvalue weighted by molar-refractivity contribution is 5.95. The number of aryl methyl sites for hydroxylation is 2. The highest BCUT2D eigenvalue weighted by atomic mass is 16.6. The van der Waals surface area contributed by atoms with Crippen molar-refractivity contribution in [2.45, 2.75) is 91.0 Å². The fourth-order valence-electron chi connectivity index (χ4n) is 4.13. The molecule has 0 heterocycles. The number of amides is 4. The molecule has 4 amide bonds. The lowest BCUT2D eigenvalue weighted by Gasteiger charge is -2.34. The number of alkyl carbamates (subject to hydrolysis) is 1. The van der Waals surface area contributed by atoms with Crippen LogP contribution in [0.5, 0.6) is 0 Å². The molecule has 1 aromatic carbocycles. The quantitative estimate of drug-likeness (QED) is 0.348. The number of esters is 1. The Kier molecular flexibility index (Phi) is 10.7. The maximum absolute atomic E-state index is 13.9. The van der Waals surface area contributed by atoms with E-state index < -0.39 is 53.9 Å². The molecule has 210 valence electrons. The largest absolute Gasteiger partial charge is 0.466 e. The molecule has 1 aliphatic carbocycles. The summed E-state index contributed by atoms with van der Waals surface area (Å²) < 4.78 is 10.2. The highest BCUT2D eigenvalue weighted by Crippen LogP contribution is 2.36. The number of primary amides is 1. The van der Waals surface area contributed by atoms with E-state index in [9.17, 15) is 24.0 Å². The van der Waals surface area contributed by atoms with Crippen LogP contribution in [0.4, 0.5) is 4.79 Å². The number of benzene rings is 1. The third-order valence-electron chi connectivity index (χ3n) is 5.61. The first-order chi connectivity index (χ1) is 17.7. The van der Waals surface area contributed by atoms with Gasteiger partial charge in [-0.25, -0.2) is 4.79 Å². The van der Waals surface area contributed by atoms with Gasteiger partial charge in [0, 0.05) is 12.6 Å². The van der Waals surface area contributed by atoms with Gasteiger partial charge in [-0.05, 0) is 59.9 Å². The van der Waals surface area contributed by atoms with Crippen molar-refractivity contribution in [3.63, 3.8) is 0 Å². The average molecular weight is 533 g/mol. The normalized spacial score (nSPS) is 14.6. The second kappa shape index (κ2) is 13.3. The number of nitrogens with one attached hydrogen (secondary N) is 2. The Morgan fingerprint density at radius 2 is 1.68 bits per heavy atom. The monoisotopic (exact) mass is 532 g/mol. The minimum absolute atomic E-state index is 0.0204. The minimum Gasteiger partial charge on any atom is -0.466 e. The lowest BCUT2D eigenvalue weighted by atomic mass is 9.98. The van der Waals surface area contributed by atoms with Crippen LogP contribution in [0, 0.1) is 13.8 Å². The molecular weight excluding hydrogens is 492 g/mol. The van der Waals surface area contributed by atoms with Gasteiger partial charge in [-0.1, -0.05) is 29.3 Å². The number of hydrogen-bond acceptors (Lipinski definition) is 7. The average Bonchev–Trinajstić information content (AvgIpc) is 3.59. The predicted molar refractivity (Wildman–Crippen MR) is 140 cm³/mol. The van der Waals surface area contributed by atoms with E-state index in [4.69, 9.17) is 15.2 Å². The smallest absolute Gasteiger partial charge is 0.408 e. The van der Waals surface area contributed by atoms with Crippen molar-refractivity contribution >= 4 is 29.8 Å². The van der Waals surface area contributed by atoms with Crippen LogP contribution >= 0.6 is 0 Å². The van der Waals surface area contributed by atoms with Crippen LogP contribution < -0.4 is 16.4 Å². The highest BCUT2D eigenvalue weighted by Gasteiger charge is 2.44. The molecule has 0 spiro atoms. The summed E-state index contributed by atoms with van der Waals surface area (Å²) in [5, 5.41) is 5.20. The van der Waals surface area contributed by atoms with Crippen molar-refractivity contribution in [3.8, 4) is 0 Å². The van der Waals surface area contributed by atoms with Crippen molar-refractivity contribution in [1.29, 1.82) is 0 Å². The molecule has 4 N–H and O–H groups in total. The van der Waals surface area contributed by atoms with Crippen LogP contribution in [0.25, 0.3) is 0 Å². The number of carbonyl (C=O) groups excluding carboxylic acids is 5. The van der Waals surface area contributed by atoms with Crippen LogP contribution in [-0.4, -0.2) is 65.5 Å². The lowest BCUT2D eigenvalue weighted by molar-refractivity contribution is -0.145. The first-order valence-electron chi connectivity index (χ1n) is 12.8. The molecule has 0 aliphatic heterocycles. The summed E-state index contributed by atoms with van der Waals surface area (Å²) in [4.78, 5) is 65.0. The molecule has 1 aromatic rings. The van der Waals surface area contributed by atoms with Gasteiger partial charge in [-0.15, -0.1) is 0 Å². The molecule has 38 heavy (non-hydrogen) atoms. The van der Waals surface area contributed by atoms with Gasteiger partial charge in [-0.3, -0.25) is 19.2 Å². The van der Waals surface area contributed by atoms with Gasteiger partial charge in [-0.2, -0.15) is 0 Å². The second-order valence-corrected chi connectivity index (χ2v) is 10.5. The number of nitrogens with two attached hydrogens (primary N) is 1. The summed E-state index contributed by atoms with van der Waals surface area (Å²) >= 11 is 0. The maximum Gasteiger partial charge on any atom is 0.408 e. The van der Waals surface area contributed by atoms with Crippen LogP contribution in [0.3, 0.4) is 0 Å². The molecule has 0 saturated heterocycles. The molecular formula is C27H40N4O7. The van der Waals surface area contributed by atoms with E-state index in [1.807, 2.05) is 32.0 Å². The van der Waals surface area contributed by atoms with E-state index in [2.05, 4.69) is 10.6 Å². The fraction of sp³-hybridized carbons (Fsp3) is 0.593. The molecule has 0 aromatic heterocycles. The Bertz CT molecular complexity index is 1030. The van der Waals surface area contributed by atoms with Crippen molar-refractivity contribution in [2.75, 3.05) is 13.2 Å². The zero-order chi connectivity index (χ0) is 28.6. The topological polar surface area (TPSA) is 157 Å². The standard InChI is InChI=1S/C27H40N4O7/c1-7-37-22(33)10-11-29-24(34)23(18-13-16(2)12-17(3)14-18)31(19-8-9-19)25(35)20(15-21(28)32)30-26(36)38-27(4,5)6/h12-14,19-20,23H,7-11,15H2,1-6H3,(H2,28,32)(H,29,34)(H,30,36). The molecule has 1 fully saturated rings. The van der Waals surface area contributed by atoms with Crippen molar-refractivity contribution in [3.05, 3.63) is 34.9 Å². The molecule has 11 nitrogen and oxygen atoms in total. The van der Waals surface area contributed by atoms with Gasteiger partial charge < -0.3 is 30.7 Å². The Balaban J connectivity index is 2.42. The van der Waals surface area contributed by atoms with Gasteiger partial charge in [0.2, 0.25) is 17.7 Å². The molecule has 2 unspecified atom stereocenters. The number of hydrogen-bond donors (Lipinski definition) is 3. The molecule has 1 aliphatic rings. The second-order valence-electron chi connectivity index (χ2n) is 10.5. The summed E-state index contributed by atoms with van der Waals surface area (Å²) in [7, 11) is 0. The Hall–Kier alpha value is -3.63. The van der Waals surface area contributed by atoms with E-state index in [1.54, 1.807) is 27.7 Å². The van der Waals surface area contributed by atoms with Crippen LogP contribution in [-0.2, 0) is 28.7 Å². The van der Waals surface area contributed by atoms with Crippen LogP contribution in [0.15, 0.2) is 18.2 Å². The van der Waals surface area contributed by atoms with E-state index >= 15 is 0 Å². The summed E-state index contributed by atoms with van der Waals surface area (Å²) in [6, 6.07) is 2.91. The lowest BCUT2D eigenvalue weighted by Crippen LogP contribution is -2.54. The van der Waals surface area contributed by atoms with Crippen molar-refractivity contribution in [2.24, 2.45) is 5.73 Å². The summed E-state index contributed by atoms with van der Waals surface area (Å²) in [5.41, 5.74) is 6.94. The predicted octanol–water partition coefficient (Wildman–Crippen LogP) is 2.17. The zero-order valence-electron chi connectivity index (χ0n) is 23.1. The SMILES string of the molecule is CCOC(=O)CCNC(=O)C(c1cc(C)cc(C)c1)N(C(=O)C(CC(N)=O)NC(=O)OC(C)(C)C)C1CC1. The first-order valence-corrected chi connectivity index (χ1v) is 12.8. The van der Waals surface area contributed by atoms with Crippen molar-refractivity contribution in [1.82, 2.24) is 15.5 Å². The van der Waals surface area contributed by atoms with Crippen molar-refractivity contribution < 1.29 is 33.4 Å². The molecule has 2 rings (SSSR count). The van der Waals surface area contributed by atoms with Gasteiger partial charge in [0.05, 0.1) is 19.4 Å². The minimum atomic E-state index is -1.33. The molecule has 0 radical (unpaired) electrons. The van der Waals surface area contributed by atoms with Gasteiger partial charge in [0.15, 0.2) is 0 Å². The number of rotatable bonds is 12. The van der Waals surface area contributed by atoms with E-state index in [0.29, 0.717) is 18.4 Å². The first kappa shape index (κ1) is 30.6.